The van der Waals surface area contributed by atoms with Gasteiger partial charge in [0.15, 0.2) is 0 Å². The molecule has 1 aromatic heterocycles. The Morgan fingerprint density at radius 2 is 1.82 bits per heavy atom. The van der Waals surface area contributed by atoms with Crippen molar-refractivity contribution in [1.29, 1.82) is 0 Å². The van der Waals surface area contributed by atoms with E-state index in [2.05, 4.69) is 0 Å². The molecule has 1 atom stereocenters. The molecule has 2 N–H and O–H groups in total. The van der Waals surface area contributed by atoms with E-state index in [9.17, 15) is 10.1 Å². The third kappa shape index (κ3) is 2.95. The number of rotatable bonds is 3. The average Bonchev–Trinajstić information content (AvgIpc) is 2.73. The van der Waals surface area contributed by atoms with Crippen LogP contribution in [-0.2, 0) is 0 Å². The molecule has 1 heterocycles. The van der Waals surface area contributed by atoms with Gasteiger partial charge in [0.25, 0.3) is 5.69 Å². The van der Waals surface area contributed by atoms with E-state index in [-0.39, 0.29) is 5.69 Å². The highest BCUT2D eigenvalue weighted by atomic mass is 31.0. The molecule has 1 unspecified atom stereocenters. The number of hydrogen-bond acceptors (Lipinski definition) is 3. The van der Waals surface area contributed by atoms with E-state index in [1.54, 1.807) is 12.1 Å². The standard InChI is InChI=1S/C12H11N2O2P/c13-12-8-7-11(17-12)6-3-9-1-4-10(5-2-9)14(15)16/h1-8,17H,13H2/b6-3+. The summed E-state index contributed by atoms with van der Waals surface area (Å²) in [5, 5.41) is 11.6. The maximum Gasteiger partial charge on any atom is 0.269 e. The summed E-state index contributed by atoms with van der Waals surface area (Å²) in [5.74, 6) is 0. The fourth-order valence-corrected chi connectivity index (χ4v) is 2.25. The number of nitro groups is 1. The SMILES string of the molecule is Nc1ccc(/C=C/c2ccc([N+](=O)[O-])cc2)[pH]1. The van der Waals surface area contributed by atoms with Crippen LogP contribution in [0.2, 0.25) is 0 Å². The van der Waals surface area contributed by atoms with Crippen molar-refractivity contribution in [2.75, 3.05) is 5.73 Å². The van der Waals surface area contributed by atoms with E-state index in [1.807, 2.05) is 24.3 Å². The molecule has 0 aliphatic rings. The molecule has 0 bridgehead atoms. The Bertz CT molecular complexity index is 558. The van der Waals surface area contributed by atoms with Gasteiger partial charge in [0.05, 0.1) is 4.92 Å². The summed E-state index contributed by atoms with van der Waals surface area (Å²) in [6.07, 6.45) is 3.91. The summed E-state index contributed by atoms with van der Waals surface area (Å²) in [6, 6.07) is 10.3. The van der Waals surface area contributed by atoms with Gasteiger partial charge >= 0.3 is 0 Å². The third-order valence-electron chi connectivity index (χ3n) is 2.29. The summed E-state index contributed by atoms with van der Waals surface area (Å²) < 4.78 is 0. The van der Waals surface area contributed by atoms with Crippen LogP contribution in [0.15, 0.2) is 36.4 Å². The van der Waals surface area contributed by atoms with Crippen LogP contribution in [0.3, 0.4) is 0 Å². The van der Waals surface area contributed by atoms with E-state index in [1.165, 1.54) is 17.4 Å². The summed E-state index contributed by atoms with van der Waals surface area (Å²) in [6.45, 7) is 0. The van der Waals surface area contributed by atoms with Crippen LogP contribution in [0.1, 0.15) is 10.9 Å². The second-order valence-corrected chi connectivity index (χ2v) is 4.96. The van der Waals surface area contributed by atoms with Gasteiger partial charge in [-0.1, -0.05) is 12.2 Å². The summed E-state index contributed by atoms with van der Waals surface area (Å²) in [4.78, 5) is 10.1. The predicted octanol–water partition coefficient (Wildman–Crippen LogP) is 3.38. The first kappa shape index (κ1) is 11.4. The minimum atomic E-state index is -0.404. The van der Waals surface area contributed by atoms with E-state index in [0.29, 0.717) is 8.19 Å². The number of anilines is 1. The van der Waals surface area contributed by atoms with Crippen molar-refractivity contribution in [3.05, 3.63) is 57.4 Å². The van der Waals surface area contributed by atoms with Crippen LogP contribution in [0.4, 0.5) is 11.1 Å². The van der Waals surface area contributed by atoms with Crippen molar-refractivity contribution in [2.24, 2.45) is 0 Å². The fraction of sp³-hybridized carbons (Fsp3) is 0. The van der Waals surface area contributed by atoms with Crippen molar-refractivity contribution in [1.82, 2.24) is 0 Å². The lowest BCUT2D eigenvalue weighted by atomic mass is 10.2. The normalized spacial score (nSPS) is 11.3. The van der Waals surface area contributed by atoms with Gasteiger partial charge in [-0.2, -0.15) is 0 Å². The van der Waals surface area contributed by atoms with Crippen LogP contribution in [0.25, 0.3) is 12.2 Å². The number of hydrogen-bond donors (Lipinski definition) is 1. The van der Waals surface area contributed by atoms with E-state index < -0.39 is 4.92 Å². The molecule has 0 aliphatic carbocycles. The van der Waals surface area contributed by atoms with Gasteiger partial charge in [0.2, 0.25) is 0 Å². The summed E-state index contributed by atoms with van der Waals surface area (Å²) in [5.41, 5.74) is 7.59. The summed E-state index contributed by atoms with van der Waals surface area (Å²) in [7, 11) is 0.524. The molecule has 0 aliphatic heterocycles. The number of nitrogen functional groups attached to an aromatic ring is 1. The van der Waals surface area contributed by atoms with Gasteiger partial charge in [0, 0.05) is 17.6 Å². The van der Waals surface area contributed by atoms with Gasteiger partial charge in [-0.05, 0) is 35.1 Å². The molecule has 0 saturated carbocycles. The number of non-ortho nitro benzene ring substituents is 1. The molecule has 0 spiro atoms. The van der Waals surface area contributed by atoms with Crippen LogP contribution in [-0.4, -0.2) is 4.92 Å². The molecule has 0 radical (unpaired) electrons. The molecular formula is C12H11N2O2P. The minimum Gasteiger partial charge on any atom is -0.396 e. The Morgan fingerprint density at radius 3 is 2.35 bits per heavy atom. The van der Waals surface area contributed by atoms with Crippen molar-refractivity contribution in [3.8, 4) is 0 Å². The Hall–Kier alpha value is -2.06. The molecule has 1 aromatic carbocycles. The Morgan fingerprint density at radius 1 is 1.12 bits per heavy atom. The van der Waals surface area contributed by atoms with Crippen molar-refractivity contribution < 1.29 is 4.92 Å². The monoisotopic (exact) mass is 246 g/mol. The fourth-order valence-electron chi connectivity index (χ4n) is 1.42. The molecule has 0 amide bonds. The zero-order valence-corrected chi connectivity index (χ0v) is 9.96. The van der Waals surface area contributed by atoms with Crippen LogP contribution >= 0.6 is 8.19 Å². The Balaban J connectivity index is 2.13. The van der Waals surface area contributed by atoms with E-state index >= 15 is 0 Å². The maximum atomic E-state index is 10.5. The smallest absolute Gasteiger partial charge is 0.269 e. The second kappa shape index (κ2) is 4.85. The van der Waals surface area contributed by atoms with Gasteiger partial charge in [-0.15, -0.1) is 8.19 Å². The molecule has 0 fully saturated rings. The van der Waals surface area contributed by atoms with Gasteiger partial charge in [-0.3, -0.25) is 10.1 Å². The van der Waals surface area contributed by atoms with E-state index in [0.717, 1.165) is 11.0 Å². The maximum absolute atomic E-state index is 10.5. The minimum absolute atomic E-state index is 0.106. The first-order valence-electron chi connectivity index (χ1n) is 5.02. The van der Waals surface area contributed by atoms with Crippen molar-refractivity contribution in [2.45, 2.75) is 0 Å². The molecule has 5 heteroatoms. The van der Waals surface area contributed by atoms with Crippen LogP contribution in [0, 0.1) is 10.1 Å². The topological polar surface area (TPSA) is 69.2 Å². The Kier molecular flexibility index (Phi) is 3.26. The third-order valence-corrected chi connectivity index (χ3v) is 3.37. The highest BCUT2D eigenvalue weighted by Crippen LogP contribution is 2.26. The van der Waals surface area contributed by atoms with E-state index in [4.69, 9.17) is 5.73 Å². The molecule has 4 nitrogen and oxygen atoms in total. The van der Waals surface area contributed by atoms with Crippen LogP contribution < -0.4 is 5.73 Å². The number of nitrogens with two attached hydrogens (primary N) is 1. The number of benzene rings is 1. The molecule has 2 rings (SSSR count). The lowest BCUT2D eigenvalue weighted by Gasteiger charge is -1.93. The zero-order chi connectivity index (χ0) is 12.3. The first-order valence-corrected chi connectivity index (χ1v) is 6.02. The van der Waals surface area contributed by atoms with Gasteiger partial charge in [0.1, 0.15) is 0 Å². The molecule has 86 valence electrons. The number of nitro benzene ring substituents is 1. The van der Waals surface area contributed by atoms with Gasteiger partial charge < -0.3 is 5.73 Å². The average molecular weight is 246 g/mol. The Labute approximate surface area is 100 Å². The lowest BCUT2D eigenvalue weighted by Crippen LogP contribution is -1.86. The molecular weight excluding hydrogens is 235 g/mol. The molecule has 2 aromatic rings. The number of nitrogens with zero attached hydrogens (tertiary/aromatic N) is 1. The highest BCUT2D eigenvalue weighted by Gasteiger charge is 2.02. The molecule has 0 saturated heterocycles. The zero-order valence-electron chi connectivity index (χ0n) is 8.96. The van der Waals surface area contributed by atoms with Crippen LogP contribution in [0.5, 0.6) is 0 Å². The first-order chi connectivity index (χ1) is 8.15. The highest BCUT2D eigenvalue weighted by molar-refractivity contribution is 7.36. The van der Waals surface area contributed by atoms with Crippen molar-refractivity contribution in [3.63, 3.8) is 0 Å². The van der Waals surface area contributed by atoms with Gasteiger partial charge in [-0.25, -0.2) is 0 Å². The summed E-state index contributed by atoms with van der Waals surface area (Å²) >= 11 is 0. The van der Waals surface area contributed by atoms with Crippen molar-refractivity contribution >= 4 is 31.5 Å². The second-order valence-electron chi connectivity index (χ2n) is 3.55. The predicted molar refractivity (Wildman–Crippen MR) is 72.4 cm³/mol. The largest absolute Gasteiger partial charge is 0.396 e. The quantitative estimate of drug-likeness (QED) is 0.666. The lowest BCUT2D eigenvalue weighted by molar-refractivity contribution is -0.384. The molecule has 17 heavy (non-hydrogen) atoms.